The predicted molar refractivity (Wildman–Crippen MR) is 67.3 cm³/mol. The van der Waals surface area contributed by atoms with E-state index in [4.69, 9.17) is 5.73 Å². The van der Waals surface area contributed by atoms with Gasteiger partial charge >= 0.3 is 0 Å². The first-order chi connectivity index (χ1) is 7.50. The number of anilines is 1. The number of nitrogen functional groups attached to an aromatic ring is 1. The third kappa shape index (κ3) is 1.58. The maximum Gasteiger partial charge on any atom is 0.200 e. The Balaban J connectivity index is 2.71. The Bertz CT molecular complexity index is 538. The van der Waals surface area contributed by atoms with Gasteiger partial charge in [-0.25, -0.2) is 4.98 Å². The first-order valence-corrected chi connectivity index (χ1v) is 5.37. The number of nitrogens with two attached hydrogens (primary N) is 1. The van der Waals surface area contributed by atoms with E-state index < -0.39 is 0 Å². The average molecular weight is 215 g/mol. The lowest BCUT2D eigenvalue weighted by Gasteiger charge is -2.09. The van der Waals surface area contributed by atoms with E-state index in [1.807, 2.05) is 18.5 Å². The molecule has 2 rings (SSSR count). The van der Waals surface area contributed by atoms with Crippen molar-refractivity contribution < 1.29 is 0 Å². The Kier molecular flexibility index (Phi) is 2.46. The molecule has 1 aromatic carbocycles. The Morgan fingerprint density at radius 2 is 1.88 bits per heavy atom. The lowest BCUT2D eigenvalue weighted by atomic mass is 10.0. The molecule has 84 valence electrons. The zero-order chi connectivity index (χ0) is 11.9. The highest BCUT2D eigenvalue weighted by Gasteiger charge is 2.13. The molecule has 0 amide bonds. The smallest absolute Gasteiger partial charge is 0.200 e. The molecule has 2 aromatic rings. The molecule has 1 aromatic heterocycles. The second-order valence-electron chi connectivity index (χ2n) is 4.28. The number of aryl methyl sites for hydroxylation is 3. The van der Waals surface area contributed by atoms with Crippen LogP contribution in [-0.2, 0) is 7.05 Å². The maximum atomic E-state index is 5.82. The number of rotatable bonds is 1. The molecular formula is C13H17N3. The van der Waals surface area contributed by atoms with Crippen LogP contribution in [0.3, 0.4) is 0 Å². The monoisotopic (exact) mass is 215 g/mol. The van der Waals surface area contributed by atoms with Gasteiger partial charge in [-0.3, -0.25) is 0 Å². The largest absolute Gasteiger partial charge is 0.369 e. The maximum absolute atomic E-state index is 5.82. The molecule has 16 heavy (non-hydrogen) atoms. The third-order valence-corrected chi connectivity index (χ3v) is 2.95. The fourth-order valence-corrected chi connectivity index (χ4v) is 2.02. The average Bonchev–Trinajstić information content (AvgIpc) is 2.46. The fraction of sp³-hybridized carbons (Fsp3) is 0.308. The number of hydrogen-bond donors (Lipinski definition) is 1. The van der Waals surface area contributed by atoms with Crippen LogP contribution in [0, 0.1) is 20.8 Å². The van der Waals surface area contributed by atoms with Gasteiger partial charge in [-0.15, -0.1) is 0 Å². The Hall–Kier alpha value is -1.77. The molecule has 0 aliphatic heterocycles. The summed E-state index contributed by atoms with van der Waals surface area (Å²) >= 11 is 0. The molecule has 1 heterocycles. The molecule has 2 N–H and O–H groups in total. The molecule has 0 unspecified atom stereocenters. The highest BCUT2D eigenvalue weighted by Crippen LogP contribution is 2.28. The minimum atomic E-state index is 0.563. The van der Waals surface area contributed by atoms with Gasteiger partial charge in [-0.05, 0) is 32.4 Å². The summed E-state index contributed by atoms with van der Waals surface area (Å²) in [7, 11) is 1.95. The van der Waals surface area contributed by atoms with Crippen LogP contribution in [0.15, 0.2) is 18.2 Å². The van der Waals surface area contributed by atoms with Crippen molar-refractivity contribution in [2.45, 2.75) is 20.8 Å². The molecule has 0 aliphatic carbocycles. The summed E-state index contributed by atoms with van der Waals surface area (Å²) in [4.78, 5) is 4.30. The molecule has 0 atom stereocenters. The van der Waals surface area contributed by atoms with E-state index in [0.29, 0.717) is 5.95 Å². The van der Waals surface area contributed by atoms with Gasteiger partial charge in [0.1, 0.15) is 0 Å². The van der Waals surface area contributed by atoms with Crippen LogP contribution in [0.25, 0.3) is 11.3 Å². The van der Waals surface area contributed by atoms with Gasteiger partial charge in [-0.1, -0.05) is 17.7 Å². The summed E-state index contributed by atoms with van der Waals surface area (Å²) in [5.74, 6) is 0.563. The van der Waals surface area contributed by atoms with E-state index in [1.54, 1.807) is 0 Å². The Morgan fingerprint density at radius 1 is 1.19 bits per heavy atom. The number of hydrogen-bond acceptors (Lipinski definition) is 2. The van der Waals surface area contributed by atoms with Crippen molar-refractivity contribution >= 4 is 5.95 Å². The van der Waals surface area contributed by atoms with Gasteiger partial charge in [-0.2, -0.15) is 0 Å². The van der Waals surface area contributed by atoms with Crippen molar-refractivity contribution in [2.24, 2.45) is 7.05 Å². The molecule has 0 bridgehead atoms. The van der Waals surface area contributed by atoms with Crippen molar-refractivity contribution in [1.82, 2.24) is 9.55 Å². The highest BCUT2D eigenvalue weighted by atomic mass is 15.1. The molecular weight excluding hydrogens is 198 g/mol. The second-order valence-corrected chi connectivity index (χ2v) is 4.28. The van der Waals surface area contributed by atoms with Crippen LogP contribution in [-0.4, -0.2) is 9.55 Å². The predicted octanol–water partition coefficient (Wildman–Crippen LogP) is 2.59. The fourth-order valence-electron chi connectivity index (χ4n) is 2.02. The third-order valence-electron chi connectivity index (χ3n) is 2.95. The van der Waals surface area contributed by atoms with Crippen LogP contribution in [0.5, 0.6) is 0 Å². The molecule has 0 fully saturated rings. The van der Waals surface area contributed by atoms with Gasteiger partial charge in [0.2, 0.25) is 5.95 Å². The Morgan fingerprint density at radius 3 is 2.44 bits per heavy atom. The number of benzene rings is 1. The minimum Gasteiger partial charge on any atom is -0.369 e. The number of nitrogens with zero attached hydrogens (tertiary/aromatic N) is 2. The second kappa shape index (κ2) is 3.67. The van der Waals surface area contributed by atoms with E-state index in [-0.39, 0.29) is 0 Å². The van der Waals surface area contributed by atoms with Crippen molar-refractivity contribution in [3.05, 3.63) is 35.0 Å². The normalized spacial score (nSPS) is 10.8. The van der Waals surface area contributed by atoms with Crippen LogP contribution in [0.2, 0.25) is 0 Å². The van der Waals surface area contributed by atoms with E-state index in [0.717, 1.165) is 11.4 Å². The zero-order valence-corrected chi connectivity index (χ0v) is 10.2. The van der Waals surface area contributed by atoms with Crippen molar-refractivity contribution in [3.8, 4) is 11.3 Å². The lowest BCUT2D eigenvalue weighted by Crippen LogP contribution is -1.99. The van der Waals surface area contributed by atoms with Gasteiger partial charge in [0.15, 0.2) is 0 Å². The minimum absolute atomic E-state index is 0.563. The standard InChI is InChI=1S/C13H17N3/c1-8-5-6-9(2)11(7-8)12-10(3)15-13(14)16(12)4/h5-7H,1-4H3,(H2,14,15). The molecule has 0 saturated carbocycles. The lowest BCUT2D eigenvalue weighted by molar-refractivity contribution is 0.936. The van der Waals surface area contributed by atoms with Gasteiger partial charge in [0, 0.05) is 12.6 Å². The zero-order valence-electron chi connectivity index (χ0n) is 10.2. The van der Waals surface area contributed by atoms with E-state index >= 15 is 0 Å². The van der Waals surface area contributed by atoms with E-state index in [9.17, 15) is 0 Å². The topological polar surface area (TPSA) is 43.8 Å². The van der Waals surface area contributed by atoms with Gasteiger partial charge in [0.05, 0.1) is 11.4 Å². The SMILES string of the molecule is Cc1ccc(C)c(-c2c(C)nc(N)n2C)c1. The summed E-state index contributed by atoms with van der Waals surface area (Å²) in [6.45, 7) is 6.20. The van der Waals surface area contributed by atoms with E-state index in [2.05, 4.69) is 37.0 Å². The van der Waals surface area contributed by atoms with Crippen LogP contribution < -0.4 is 5.73 Å². The molecule has 0 spiro atoms. The summed E-state index contributed by atoms with van der Waals surface area (Å²) in [6.07, 6.45) is 0. The Labute approximate surface area is 95.9 Å². The van der Waals surface area contributed by atoms with Crippen molar-refractivity contribution in [1.29, 1.82) is 0 Å². The van der Waals surface area contributed by atoms with Gasteiger partial charge in [0.25, 0.3) is 0 Å². The highest BCUT2D eigenvalue weighted by molar-refractivity contribution is 5.68. The first-order valence-electron chi connectivity index (χ1n) is 5.37. The quantitative estimate of drug-likeness (QED) is 0.794. The molecule has 3 nitrogen and oxygen atoms in total. The van der Waals surface area contributed by atoms with Gasteiger partial charge < -0.3 is 10.3 Å². The molecule has 0 saturated heterocycles. The van der Waals surface area contributed by atoms with Crippen LogP contribution in [0.1, 0.15) is 16.8 Å². The molecule has 3 heteroatoms. The summed E-state index contributed by atoms with van der Waals surface area (Å²) < 4.78 is 1.94. The van der Waals surface area contributed by atoms with Crippen LogP contribution >= 0.6 is 0 Å². The summed E-state index contributed by atoms with van der Waals surface area (Å²) in [5, 5.41) is 0. The summed E-state index contributed by atoms with van der Waals surface area (Å²) in [5.41, 5.74) is 11.6. The van der Waals surface area contributed by atoms with Crippen LogP contribution in [0.4, 0.5) is 5.95 Å². The first kappa shape index (κ1) is 10.7. The summed E-state index contributed by atoms with van der Waals surface area (Å²) in [6, 6.07) is 6.43. The van der Waals surface area contributed by atoms with Crippen molar-refractivity contribution in [2.75, 3.05) is 5.73 Å². The number of aromatic nitrogens is 2. The molecule has 0 radical (unpaired) electrons. The van der Waals surface area contributed by atoms with E-state index in [1.165, 1.54) is 16.7 Å². The number of imidazole rings is 1. The molecule has 0 aliphatic rings. The van der Waals surface area contributed by atoms with Crippen molar-refractivity contribution in [3.63, 3.8) is 0 Å².